The van der Waals surface area contributed by atoms with Gasteiger partial charge in [0.05, 0.1) is 16.9 Å². The van der Waals surface area contributed by atoms with E-state index in [-0.39, 0.29) is 11.2 Å². The van der Waals surface area contributed by atoms with E-state index in [0.717, 1.165) is 5.52 Å². The molecule has 114 valence electrons. The topological polar surface area (TPSA) is 78.9 Å². The van der Waals surface area contributed by atoms with Gasteiger partial charge in [-0.15, -0.1) is 0 Å². The van der Waals surface area contributed by atoms with E-state index in [9.17, 15) is 4.79 Å². The molecular weight excluding hydrogens is 310 g/mol. The number of hydrogen-bond acceptors (Lipinski definition) is 5. The SMILES string of the molecule is C[C@@H](Sc1nc2ccccc2o1)C(=O)Nc1cccc(C#N)c1. The van der Waals surface area contributed by atoms with Crippen LogP contribution in [0.1, 0.15) is 12.5 Å². The molecule has 2 aromatic carbocycles. The number of hydrogen-bond donors (Lipinski definition) is 1. The van der Waals surface area contributed by atoms with Crippen LogP contribution in [0, 0.1) is 11.3 Å². The average molecular weight is 323 g/mol. The smallest absolute Gasteiger partial charge is 0.257 e. The standard InChI is InChI=1S/C17H13N3O2S/c1-11(16(21)19-13-6-4-5-12(9-13)10-18)23-17-20-14-7-2-3-8-15(14)22-17/h2-9,11H,1H3,(H,19,21)/t11-/m1/s1. The van der Waals surface area contributed by atoms with E-state index < -0.39 is 0 Å². The summed E-state index contributed by atoms with van der Waals surface area (Å²) in [4.78, 5) is 16.6. The summed E-state index contributed by atoms with van der Waals surface area (Å²) in [7, 11) is 0. The van der Waals surface area contributed by atoms with Gasteiger partial charge in [0.2, 0.25) is 5.91 Å². The predicted octanol–water partition coefficient (Wildman–Crippen LogP) is 3.82. The van der Waals surface area contributed by atoms with Gasteiger partial charge in [0.15, 0.2) is 5.58 Å². The van der Waals surface area contributed by atoms with Crippen molar-refractivity contribution in [2.24, 2.45) is 0 Å². The highest BCUT2D eigenvalue weighted by atomic mass is 32.2. The Kier molecular flexibility index (Phi) is 4.31. The molecule has 1 heterocycles. The summed E-state index contributed by atoms with van der Waals surface area (Å²) in [5.41, 5.74) is 2.56. The third-order valence-corrected chi connectivity index (χ3v) is 4.12. The number of carbonyl (C=O) groups excluding carboxylic acids is 1. The van der Waals surface area contributed by atoms with E-state index in [1.807, 2.05) is 30.3 Å². The molecule has 3 rings (SSSR count). The number of rotatable bonds is 4. The summed E-state index contributed by atoms with van der Waals surface area (Å²) >= 11 is 1.25. The lowest BCUT2D eigenvalue weighted by Crippen LogP contribution is -2.22. The number of nitrogens with zero attached hydrogens (tertiary/aromatic N) is 2. The van der Waals surface area contributed by atoms with E-state index >= 15 is 0 Å². The van der Waals surface area contributed by atoms with Gasteiger partial charge in [-0.25, -0.2) is 4.98 Å². The summed E-state index contributed by atoms with van der Waals surface area (Å²) in [6, 6.07) is 16.3. The first-order valence-electron chi connectivity index (χ1n) is 6.99. The largest absolute Gasteiger partial charge is 0.431 e. The van der Waals surface area contributed by atoms with Gasteiger partial charge >= 0.3 is 0 Å². The van der Waals surface area contributed by atoms with Gasteiger partial charge < -0.3 is 9.73 Å². The van der Waals surface area contributed by atoms with Gasteiger partial charge in [0.25, 0.3) is 5.22 Å². The van der Waals surface area contributed by atoms with Crippen molar-refractivity contribution in [1.82, 2.24) is 4.98 Å². The second-order valence-corrected chi connectivity index (χ2v) is 6.18. The van der Waals surface area contributed by atoms with Gasteiger partial charge in [0.1, 0.15) is 5.52 Å². The van der Waals surface area contributed by atoms with E-state index in [2.05, 4.69) is 10.3 Å². The number of benzene rings is 2. The Hall–Kier alpha value is -2.78. The molecule has 3 aromatic rings. The zero-order valence-corrected chi connectivity index (χ0v) is 13.1. The van der Waals surface area contributed by atoms with Crippen molar-refractivity contribution in [3.8, 4) is 6.07 Å². The van der Waals surface area contributed by atoms with E-state index in [0.29, 0.717) is 22.1 Å². The molecule has 0 saturated heterocycles. The lowest BCUT2D eigenvalue weighted by atomic mass is 10.2. The lowest BCUT2D eigenvalue weighted by molar-refractivity contribution is -0.115. The molecular formula is C17H13N3O2S. The van der Waals surface area contributed by atoms with Crippen LogP contribution in [0.5, 0.6) is 0 Å². The third kappa shape index (κ3) is 3.52. The van der Waals surface area contributed by atoms with Gasteiger partial charge in [-0.3, -0.25) is 4.79 Å². The monoisotopic (exact) mass is 323 g/mol. The number of para-hydroxylation sites is 2. The van der Waals surface area contributed by atoms with Crippen LogP contribution in [0.2, 0.25) is 0 Å². The fourth-order valence-corrected chi connectivity index (χ4v) is 2.77. The van der Waals surface area contributed by atoms with Crippen molar-refractivity contribution in [3.05, 3.63) is 54.1 Å². The number of nitrogens with one attached hydrogen (secondary N) is 1. The molecule has 0 aliphatic rings. The van der Waals surface area contributed by atoms with Crippen LogP contribution in [-0.2, 0) is 4.79 Å². The first kappa shape index (κ1) is 15.1. The molecule has 23 heavy (non-hydrogen) atoms. The molecule has 0 aliphatic heterocycles. The maximum Gasteiger partial charge on any atom is 0.257 e. The van der Waals surface area contributed by atoms with Crippen molar-refractivity contribution in [2.75, 3.05) is 5.32 Å². The Morgan fingerprint density at radius 1 is 1.30 bits per heavy atom. The molecule has 1 atom stereocenters. The summed E-state index contributed by atoms with van der Waals surface area (Å²) in [6.07, 6.45) is 0. The van der Waals surface area contributed by atoms with Gasteiger partial charge in [-0.2, -0.15) is 5.26 Å². The number of anilines is 1. The zero-order valence-electron chi connectivity index (χ0n) is 12.3. The number of oxazole rings is 1. The van der Waals surface area contributed by atoms with Gasteiger partial charge in [0, 0.05) is 5.69 Å². The molecule has 0 saturated carbocycles. The molecule has 0 bridgehead atoms. The Bertz CT molecular complexity index is 865. The molecule has 1 amide bonds. The lowest BCUT2D eigenvalue weighted by Gasteiger charge is -2.10. The Morgan fingerprint density at radius 2 is 2.13 bits per heavy atom. The fraction of sp³-hybridized carbons (Fsp3) is 0.118. The number of aromatic nitrogens is 1. The first-order chi connectivity index (χ1) is 11.2. The van der Waals surface area contributed by atoms with Crippen molar-refractivity contribution >= 4 is 34.5 Å². The van der Waals surface area contributed by atoms with Crippen LogP contribution in [0.25, 0.3) is 11.1 Å². The molecule has 0 radical (unpaired) electrons. The highest BCUT2D eigenvalue weighted by Crippen LogP contribution is 2.27. The molecule has 0 spiro atoms. The molecule has 0 fully saturated rings. The zero-order chi connectivity index (χ0) is 16.2. The van der Waals surface area contributed by atoms with Crippen LogP contribution in [0.15, 0.2) is 58.2 Å². The third-order valence-electron chi connectivity index (χ3n) is 3.18. The second kappa shape index (κ2) is 6.55. The Morgan fingerprint density at radius 3 is 2.91 bits per heavy atom. The molecule has 1 N–H and O–H groups in total. The van der Waals surface area contributed by atoms with Crippen LogP contribution < -0.4 is 5.32 Å². The molecule has 0 unspecified atom stereocenters. The van der Waals surface area contributed by atoms with E-state index in [1.54, 1.807) is 31.2 Å². The number of thioether (sulfide) groups is 1. The summed E-state index contributed by atoms with van der Waals surface area (Å²) in [5, 5.41) is 11.7. The maximum absolute atomic E-state index is 12.2. The number of fused-ring (bicyclic) bond motifs is 1. The molecule has 0 aliphatic carbocycles. The molecule has 5 nitrogen and oxygen atoms in total. The van der Waals surface area contributed by atoms with Crippen molar-refractivity contribution in [2.45, 2.75) is 17.4 Å². The van der Waals surface area contributed by atoms with Crippen LogP contribution in [-0.4, -0.2) is 16.1 Å². The van der Waals surface area contributed by atoms with Crippen molar-refractivity contribution in [1.29, 1.82) is 5.26 Å². The summed E-state index contributed by atoms with van der Waals surface area (Å²) < 4.78 is 5.60. The normalized spacial score (nSPS) is 11.8. The molecule has 6 heteroatoms. The highest BCUT2D eigenvalue weighted by Gasteiger charge is 2.18. The average Bonchev–Trinajstić information content (AvgIpc) is 2.97. The second-order valence-electron chi connectivity index (χ2n) is 4.89. The van der Waals surface area contributed by atoms with E-state index in [4.69, 9.17) is 9.68 Å². The quantitative estimate of drug-likeness (QED) is 0.738. The maximum atomic E-state index is 12.2. The Balaban J connectivity index is 1.68. The fourth-order valence-electron chi connectivity index (χ4n) is 2.02. The number of amides is 1. The highest BCUT2D eigenvalue weighted by molar-refractivity contribution is 8.00. The number of nitriles is 1. The minimum Gasteiger partial charge on any atom is -0.431 e. The van der Waals surface area contributed by atoms with Crippen LogP contribution in [0.4, 0.5) is 5.69 Å². The first-order valence-corrected chi connectivity index (χ1v) is 7.87. The Labute approximate surface area is 137 Å². The summed E-state index contributed by atoms with van der Waals surface area (Å²) in [6.45, 7) is 1.78. The van der Waals surface area contributed by atoms with Crippen LogP contribution >= 0.6 is 11.8 Å². The van der Waals surface area contributed by atoms with Gasteiger partial charge in [-0.1, -0.05) is 30.0 Å². The van der Waals surface area contributed by atoms with Gasteiger partial charge in [-0.05, 0) is 37.3 Å². The van der Waals surface area contributed by atoms with Crippen molar-refractivity contribution < 1.29 is 9.21 Å². The van der Waals surface area contributed by atoms with Crippen molar-refractivity contribution in [3.63, 3.8) is 0 Å². The minimum atomic E-state index is -0.381. The number of carbonyl (C=O) groups is 1. The van der Waals surface area contributed by atoms with E-state index in [1.165, 1.54) is 11.8 Å². The van der Waals surface area contributed by atoms with Crippen LogP contribution in [0.3, 0.4) is 0 Å². The predicted molar refractivity (Wildman–Crippen MR) is 89.1 cm³/mol. The minimum absolute atomic E-state index is 0.174. The summed E-state index contributed by atoms with van der Waals surface area (Å²) in [5.74, 6) is -0.174. The molecule has 1 aromatic heterocycles.